The van der Waals surface area contributed by atoms with Crippen molar-refractivity contribution in [1.29, 1.82) is 0 Å². The van der Waals surface area contributed by atoms with Gasteiger partial charge in [0.05, 0.1) is 17.4 Å². The number of nitrogens with two attached hydrogens (primary N) is 1. The lowest BCUT2D eigenvalue weighted by atomic mass is 9.86. The number of nitrogens with zero attached hydrogens (tertiary/aromatic N) is 3. The van der Waals surface area contributed by atoms with Gasteiger partial charge in [0.15, 0.2) is 11.6 Å². The summed E-state index contributed by atoms with van der Waals surface area (Å²) in [5.41, 5.74) is 8.62. The second-order valence-corrected chi connectivity index (χ2v) is 6.20. The van der Waals surface area contributed by atoms with Crippen LogP contribution in [-0.2, 0) is 13.0 Å². The summed E-state index contributed by atoms with van der Waals surface area (Å²) < 4.78 is 42.9. The number of fused-ring (bicyclic) bond motifs is 3. The zero-order valence-electron chi connectivity index (χ0n) is 13.2. The van der Waals surface area contributed by atoms with E-state index in [1.807, 2.05) is 10.6 Å². The number of halogens is 3. The van der Waals surface area contributed by atoms with E-state index in [0.717, 1.165) is 17.3 Å². The van der Waals surface area contributed by atoms with Crippen molar-refractivity contribution >= 4 is 17.1 Å². The normalized spacial score (nSPS) is 19.1. The van der Waals surface area contributed by atoms with Gasteiger partial charge in [-0.05, 0) is 23.8 Å². The second kappa shape index (κ2) is 6.57. The highest BCUT2D eigenvalue weighted by Gasteiger charge is 2.32. The molecule has 0 spiro atoms. The van der Waals surface area contributed by atoms with Crippen molar-refractivity contribution in [3.05, 3.63) is 65.5 Å². The third-order valence-electron chi connectivity index (χ3n) is 4.70. The molecule has 0 aliphatic carbocycles. The molecule has 1 aliphatic rings. The van der Waals surface area contributed by atoms with Crippen molar-refractivity contribution in [2.75, 3.05) is 0 Å². The van der Waals surface area contributed by atoms with Gasteiger partial charge in [0.2, 0.25) is 0 Å². The number of pyridine rings is 1. The van der Waals surface area contributed by atoms with E-state index in [2.05, 4.69) is 16.5 Å². The van der Waals surface area contributed by atoms with Crippen LogP contribution >= 0.6 is 0 Å². The second-order valence-electron chi connectivity index (χ2n) is 6.20. The Morgan fingerprint density at radius 3 is 2.62 bits per heavy atom. The Kier molecular flexibility index (Phi) is 4.58. The molecule has 136 valence electrons. The SMILES string of the molecule is C.C=Cc1cc2c(cn1)nc1n2C[C@H](N)C(c2cc(F)c(F)cc2F)C1. The zero-order chi connectivity index (χ0) is 17.7. The van der Waals surface area contributed by atoms with E-state index in [9.17, 15) is 13.2 Å². The first-order chi connectivity index (χ1) is 12.0. The van der Waals surface area contributed by atoms with Crippen molar-refractivity contribution in [3.63, 3.8) is 0 Å². The predicted octanol–water partition coefficient (Wildman–Crippen LogP) is 3.79. The fourth-order valence-electron chi connectivity index (χ4n) is 3.41. The molecule has 3 aromatic rings. The lowest BCUT2D eigenvalue weighted by Crippen LogP contribution is -2.39. The number of aromatic nitrogens is 3. The van der Waals surface area contributed by atoms with Gasteiger partial charge in [0.25, 0.3) is 0 Å². The van der Waals surface area contributed by atoms with E-state index in [1.165, 1.54) is 0 Å². The van der Waals surface area contributed by atoms with Gasteiger partial charge in [-0.25, -0.2) is 18.2 Å². The number of rotatable bonds is 2. The van der Waals surface area contributed by atoms with E-state index in [4.69, 9.17) is 5.73 Å². The van der Waals surface area contributed by atoms with Crippen molar-refractivity contribution in [2.45, 2.75) is 32.4 Å². The highest BCUT2D eigenvalue weighted by atomic mass is 19.2. The van der Waals surface area contributed by atoms with Crippen molar-refractivity contribution in [1.82, 2.24) is 14.5 Å². The van der Waals surface area contributed by atoms with Crippen molar-refractivity contribution in [3.8, 4) is 0 Å². The Morgan fingerprint density at radius 1 is 1.15 bits per heavy atom. The fourth-order valence-corrected chi connectivity index (χ4v) is 3.41. The topological polar surface area (TPSA) is 56.7 Å². The maximum absolute atomic E-state index is 14.2. The van der Waals surface area contributed by atoms with Crippen LogP contribution in [0, 0.1) is 17.5 Å². The van der Waals surface area contributed by atoms with Crippen LogP contribution in [-0.4, -0.2) is 20.6 Å². The molecule has 1 aromatic carbocycles. The molecule has 0 fully saturated rings. The van der Waals surface area contributed by atoms with Crippen LogP contribution in [0.3, 0.4) is 0 Å². The van der Waals surface area contributed by atoms with Crippen LogP contribution in [0.25, 0.3) is 17.1 Å². The Labute approximate surface area is 149 Å². The third-order valence-corrected chi connectivity index (χ3v) is 4.70. The first-order valence-electron chi connectivity index (χ1n) is 7.85. The number of imidazole rings is 1. The highest BCUT2D eigenvalue weighted by Crippen LogP contribution is 2.33. The molecular formula is C19H19F3N4. The summed E-state index contributed by atoms with van der Waals surface area (Å²) in [6, 6.07) is 2.87. The molecule has 1 aliphatic heterocycles. The van der Waals surface area contributed by atoms with Gasteiger partial charge in [-0.2, -0.15) is 0 Å². The smallest absolute Gasteiger partial charge is 0.161 e. The fraction of sp³-hybridized carbons (Fsp3) is 0.263. The Hall–Kier alpha value is -2.67. The number of benzene rings is 1. The average molecular weight is 360 g/mol. The quantitative estimate of drug-likeness (QED) is 0.708. The monoisotopic (exact) mass is 360 g/mol. The van der Waals surface area contributed by atoms with E-state index >= 15 is 0 Å². The molecule has 0 amide bonds. The Balaban J connectivity index is 0.00000196. The molecule has 2 N–H and O–H groups in total. The molecule has 0 saturated heterocycles. The van der Waals surface area contributed by atoms with Gasteiger partial charge >= 0.3 is 0 Å². The molecule has 3 heterocycles. The van der Waals surface area contributed by atoms with Gasteiger partial charge < -0.3 is 10.3 Å². The summed E-state index contributed by atoms with van der Waals surface area (Å²) >= 11 is 0. The van der Waals surface area contributed by atoms with Crippen LogP contribution in [0.5, 0.6) is 0 Å². The summed E-state index contributed by atoms with van der Waals surface area (Å²) in [4.78, 5) is 8.75. The Bertz CT molecular complexity index is 996. The first kappa shape index (κ1) is 18.1. The standard InChI is InChI=1S/C18H15F3N4.CH4/c1-2-9-3-17-16(7-23-9)24-18-5-11(15(22)8-25(17)18)10-4-13(20)14(21)6-12(10)19;/h2-4,6-7,11,15H,1,5,8,22H2;1H4/t11?,15-;/m0./s1. The lowest BCUT2D eigenvalue weighted by molar-refractivity contribution is 0.392. The molecule has 4 nitrogen and oxygen atoms in total. The Morgan fingerprint density at radius 2 is 1.88 bits per heavy atom. The van der Waals surface area contributed by atoms with Crippen LogP contribution in [0.1, 0.15) is 30.4 Å². The summed E-state index contributed by atoms with van der Waals surface area (Å²) in [6.45, 7) is 4.10. The maximum Gasteiger partial charge on any atom is 0.161 e. The molecule has 0 radical (unpaired) electrons. The summed E-state index contributed by atoms with van der Waals surface area (Å²) in [5, 5.41) is 0. The third kappa shape index (κ3) is 2.78. The molecule has 26 heavy (non-hydrogen) atoms. The van der Waals surface area contributed by atoms with Gasteiger partial charge in [-0.15, -0.1) is 0 Å². The number of hydrogen-bond donors (Lipinski definition) is 1. The predicted molar refractivity (Wildman–Crippen MR) is 95.1 cm³/mol. The highest BCUT2D eigenvalue weighted by molar-refractivity contribution is 5.77. The molecule has 4 rings (SSSR count). The first-order valence-corrected chi connectivity index (χ1v) is 7.85. The summed E-state index contributed by atoms with van der Waals surface area (Å²) in [6.07, 6.45) is 3.62. The molecule has 2 aromatic heterocycles. The zero-order valence-corrected chi connectivity index (χ0v) is 13.2. The molecule has 7 heteroatoms. The largest absolute Gasteiger partial charge is 0.326 e. The summed E-state index contributed by atoms with van der Waals surface area (Å²) in [5.74, 6) is -2.84. The molecule has 2 atom stereocenters. The van der Waals surface area contributed by atoms with Gasteiger partial charge in [0.1, 0.15) is 17.2 Å². The van der Waals surface area contributed by atoms with Gasteiger partial charge in [0, 0.05) is 31.0 Å². The molecular weight excluding hydrogens is 341 g/mol. The lowest BCUT2D eigenvalue weighted by Gasteiger charge is -2.30. The van der Waals surface area contributed by atoms with Gasteiger partial charge in [-0.1, -0.05) is 14.0 Å². The van der Waals surface area contributed by atoms with Crippen molar-refractivity contribution < 1.29 is 13.2 Å². The van der Waals surface area contributed by atoms with E-state index < -0.39 is 29.4 Å². The summed E-state index contributed by atoms with van der Waals surface area (Å²) in [7, 11) is 0. The number of hydrogen-bond acceptors (Lipinski definition) is 3. The van der Waals surface area contributed by atoms with E-state index in [-0.39, 0.29) is 13.0 Å². The minimum atomic E-state index is -1.21. The van der Waals surface area contributed by atoms with Crippen LogP contribution < -0.4 is 5.73 Å². The van der Waals surface area contributed by atoms with Crippen LogP contribution in [0.2, 0.25) is 0 Å². The minimum absolute atomic E-state index is 0. The van der Waals surface area contributed by atoms with E-state index in [0.29, 0.717) is 30.4 Å². The van der Waals surface area contributed by atoms with Crippen LogP contribution in [0.15, 0.2) is 31.0 Å². The average Bonchev–Trinajstić information content (AvgIpc) is 2.94. The van der Waals surface area contributed by atoms with Crippen molar-refractivity contribution in [2.24, 2.45) is 5.73 Å². The maximum atomic E-state index is 14.2. The molecule has 0 saturated carbocycles. The minimum Gasteiger partial charge on any atom is -0.326 e. The van der Waals surface area contributed by atoms with Gasteiger partial charge in [-0.3, -0.25) is 4.98 Å². The van der Waals surface area contributed by atoms with E-state index in [1.54, 1.807) is 12.3 Å². The molecule has 1 unspecified atom stereocenters. The van der Waals surface area contributed by atoms with Crippen LogP contribution in [0.4, 0.5) is 13.2 Å². The molecule has 0 bridgehead atoms.